The van der Waals surface area contributed by atoms with E-state index in [9.17, 15) is 8.42 Å². The van der Waals surface area contributed by atoms with Crippen molar-refractivity contribution >= 4 is 15.9 Å². The minimum absolute atomic E-state index is 0.305. The van der Waals surface area contributed by atoms with Crippen molar-refractivity contribution in [2.45, 2.75) is 26.7 Å². The zero-order valence-electron chi connectivity index (χ0n) is 10.9. The summed E-state index contributed by atoms with van der Waals surface area (Å²) in [5.41, 5.74) is 1.93. The molecule has 1 N–H and O–H groups in total. The van der Waals surface area contributed by atoms with Gasteiger partial charge >= 0.3 is 10.2 Å². The molecule has 1 aromatic rings. The van der Waals surface area contributed by atoms with Crippen LogP contribution in [0.1, 0.15) is 25.8 Å². The molecular weight excluding hydrogens is 248 g/mol. The van der Waals surface area contributed by atoms with Crippen LogP contribution in [-0.2, 0) is 16.6 Å². The lowest BCUT2D eigenvalue weighted by Crippen LogP contribution is -2.44. The van der Waals surface area contributed by atoms with Crippen molar-refractivity contribution in [1.29, 1.82) is 0 Å². The Balaban J connectivity index is 2.24. The topological polar surface area (TPSA) is 49.4 Å². The number of fused-ring (bicyclic) bond motifs is 1. The molecule has 0 atom stereocenters. The molecule has 0 saturated heterocycles. The second-order valence-electron chi connectivity index (χ2n) is 5.05. The molecule has 4 nitrogen and oxygen atoms in total. The molecular formula is C13H20N2O2S. The third kappa shape index (κ3) is 2.84. The van der Waals surface area contributed by atoms with Gasteiger partial charge in [-0.3, -0.25) is 4.31 Å². The first kappa shape index (κ1) is 13.4. The van der Waals surface area contributed by atoms with Crippen LogP contribution in [-0.4, -0.2) is 21.5 Å². The van der Waals surface area contributed by atoms with Crippen molar-refractivity contribution in [3.63, 3.8) is 0 Å². The lowest BCUT2D eigenvalue weighted by Gasteiger charge is -2.30. The van der Waals surface area contributed by atoms with Crippen molar-refractivity contribution in [1.82, 2.24) is 4.72 Å². The van der Waals surface area contributed by atoms with E-state index in [2.05, 4.69) is 4.72 Å². The maximum atomic E-state index is 12.3. The summed E-state index contributed by atoms with van der Waals surface area (Å²) in [6, 6.07) is 7.72. The minimum Gasteiger partial charge on any atom is -0.258 e. The molecule has 1 aliphatic rings. The summed E-state index contributed by atoms with van der Waals surface area (Å²) in [5.74, 6) is 0.305. The fourth-order valence-corrected chi connectivity index (χ4v) is 3.60. The Labute approximate surface area is 109 Å². The molecule has 0 unspecified atom stereocenters. The SMILES string of the molecule is CC(C)CNS(=O)(=O)N1CCCc2ccccc21. The maximum Gasteiger partial charge on any atom is 0.301 e. The maximum absolute atomic E-state index is 12.3. The Morgan fingerprint density at radius 3 is 2.78 bits per heavy atom. The molecule has 1 aliphatic heterocycles. The number of para-hydroxylation sites is 1. The fourth-order valence-electron chi connectivity index (χ4n) is 2.10. The zero-order valence-corrected chi connectivity index (χ0v) is 11.7. The highest BCUT2D eigenvalue weighted by molar-refractivity contribution is 7.90. The number of aryl methyl sites for hydroxylation is 1. The smallest absolute Gasteiger partial charge is 0.258 e. The Hall–Kier alpha value is -1.07. The van der Waals surface area contributed by atoms with Crippen LogP contribution in [0.4, 0.5) is 5.69 Å². The summed E-state index contributed by atoms with van der Waals surface area (Å²) in [5, 5.41) is 0. The molecule has 0 spiro atoms. The van der Waals surface area contributed by atoms with E-state index in [1.165, 1.54) is 4.31 Å². The van der Waals surface area contributed by atoms with Gasteiger partial charge in [-0.15, -0.1) is 0 Å². The van der Waals surface area contributed by atoms with Gasteiger partial charge in [0.1, 0.15) is 0 Å². The predicted molar refractivity (Wildman–Crippen MR) is 73.9 cm³/mol. The summed E-state index contributed by atoms with van der Waals surface area (Å²) in [7, 11) is -3.41. The molecule has 1 heterocycles. The highest BCUT2D eigenvalue weighted by Gasteiger charge is 2.26. The van der Waals surface area contributed by atoms with Gasteiger partial charge in [0.05, 0.1) is 5.69 Å². The number of anilines is 1. The van der Waals surface area contributed by atoms with Crippen molar-refractivity contribution in [2.75, 3.05) is 17.4 Å². The number of nitrogens with one attached hydrogen (secondary N) is 1. The Bertz CT molecular complexity index is 511. The molecule has 0 fully saturated rings. The Morgan fingerprint density at radius 2 is 2.06 bits per heavy atom. The molecule has 0 aliphatic carbocycles. The van der Waals surface area contributed by atoms with Crippen molar-refractivity contribution in [3.05, 3.63) is 29.8 Å². The average Bonchev–Trinajstić information content (AvgIpc) is 2.36. The number of rotatable bonds is 4. The van der Waals surface area contributed by atoms with Gasteiger partial charge in [-0.2, -0.15) is 13.1 Å². The van der Waals surface area contributed by atoms with Crippen LogP contribution in [0.5, 0.6) is 0 Å². The van der Waals surface area contributed by atoms with Gasteiger partial charge in [0, 0.05) is 13.1 Å². The van der Waals surface area contributed by atoms with Crippen LogP contribution in [0, 0.1) is 5.92 Å². The lowest BCUT2D eigenvalue weighted by atomic mass is 10.0. The molecule has 0 aromatic heterocycles. The number of hydrogen-bond acceptors (Lipinski definition) is 2. The van der Waals surface area contributed by atoms with Crippen LogP contribution < -0.4 is 9.03 Å². The van der Waals surface area contributed by atoms with E-state index in [0.29, 0.717) is 19.0 Å². The molecule has 1 aromatic carbocycles. The van der Waals surface area contributed by atoms with Crippen LogP contribution in [0.15, 0.2) is 24.3 Å². The Kier molecular flexibility index (Phi) is 3.92. The Morgan fingerprint density at radius 1 is 1.33 bits per heavy atom. The molecule has 2 rings (SSSR count). The molecule has 100 valence electrons. The fraction of sp³-hybridized carbons (Fsp3) is 0.538. The second-order valence-corrected chi connectivity index (χ2v) is 6.73. The van der Waals surface area contributed by atoms with E-state index in [-0.39, 0.29) is 0 Å². The molecule has 5 heteroatoms. The minimum atomic E-state index is -3.41. The van der Waals surface area contributed by atoms with Gasteiger partial charge in [0.15, 0.2) is 0 Å². The molecule has 0 radical (unpaired) electrons. The molecule has 0 amide bonds. The van der Waals surface area contributed by atoms with Gasteiger partial charge in [0.25, 0.3) is 0 Å². The summed E-state index contributed by atoms with van der Waals surface area (Å²) >= 11 is 0. The number of hydrogen-bond donors (Lipinski definition) is 1. The van der Waals surface area contributed by atoms with Gasteiger partial charge in [0.2, 0.25) is 0 Å². The van der Waals surface area contributed by atoms with Crippen LogP contribution in [0.3, 0.4) is 0 Å². The third-order valence-corrected chi connectivity index (χ3v) is 4.52. The van der Waals surface area contributed by atoms with Crippen LogP contribution in [0.2, 0.25) is 0 Å². The van der Waals surface area contributed by atoms with Gasteiger partial charge in [-0.25, -0.2) is 0 Å². The first-order chi connectivity index (χ1) is 8.50. The normalized spacial score (nSPS) is 15.8. The molecule has 18 heavy (non-hydrogen) atoms. The first-order valence-electron chi connectivity index (χ1n) is 6.36. The van der Waals surface area contributed by atoms with E-state index in [0.717, 1.165) is 24.1 Å². The third-order valence-electron chi connectivity index (χ3n) is 3.03. The first-order valence-corrected chi connectivity index (χ1v) is 7.80. The van der Waals surface area contributed by atoms with Crippen LogP contribution >= 0.6 is 0 Å². The monoisotopic (exact) mass is 268 g/mol. The quantitative estimate of drug-likeness (QED) is 0.907. The second kappa shape index (κ2) is 5.28. The number of benzene rings is 1. The van der Waals surface area contributed by atoms with E-state index in [1.807, 2.05) is 38.1 Å². The lowest BCUT2D eigenvalue weighted by molar-refractivity contribution is 0.552. The molecule has 0 saturated carbocycles. The van der Waals surface area contributed by atoms with Crippen molar-refractivity contribution in [2.24, 2.45) is 5.92 Å². The summed E-state index contributed by atoms with van der Waals surface area (Å²) in [4.78, 5) is 0. The van der Waals surface area contributed by atoms with E-state index < -0.39 is 10.2 Å². The van der Waals surface area contributed by atoms with Gasteiger partial charge < -0.3 is 0 Å². The van der Waals surface area contributed by atoms with E-state index in [1.54, 1.807) is 0 Å². The summed E-state index contributed by atoms with van der Waals surface area (Å²) in [6.07, 6.45) is 1.83. The van der Waals surface area contributed by atoms with Crippen molar-refractivity contribution < 1.29 is 8.42 Å². The highest BCUT2D eigenvalue weighted by atomic mass is 32.2. The van der Waals surface area contributed by atoms with Gasteiger partial charge in [-0.05, 0) is 30.4 Å². The standard InChI is InChI=1S/C13H20N2O2S/c1-11(2)10-14-18(16,17)15-9-5-7-12-6-3-4-8-13(12)15/h3-4,6,8,11,14H,5,7,9-10H2,1-2H3. The largest absolute Gasteiger partial charge is 0.301 e. The summed E-state index contributed by atoms with van der Waals surface area (Å²) < 4.78 is 28.7. The molecule has 0 bridgehead atoms. The van der Waals surface area contributed by atoms with E-state index >= 15 is 0 Å². The summed E-state index contributed by atoms with van der Waals surface area (Å²) in [6.45, 7) is 5.02. The van der Waals surface area contributed by atoms with Crippen LogP contribution in [0.25, 0.3) is 0 Å². The zero-order chi connectivity index (χ0) is 13.2. The van der Waals surface area contributed by atoms with Crippen molar-refractivity contribution in [3.8, 4) is 0 Å². The highest BCUT2D eigenvalue weighted by Crippen LogP contribution is 2.28. The van der Waals surface area contributed by atoms with Gasteiger partial charge in [-0.1, -0.05) is 32.0 Å². The number of nitrogens with zero attached hydrogens (tertiary/aromatic N) is 1. The predicted octanol–water partition coefficient (Wildman–Crippen LogP) is 1.93. The van der Waals surface area contributed by atoms with E-state index in [4.69, 9.17) is 0 Å². The average molecular weight is 268 g/mol.